The van der Waals surface area contributed by atoms with E-state index < -0.39 is 5.91 Å². The normalized spacial score (nSPS) is 12.6. The van der Waals surface area contributed by atoms with Gasteiger partial charge in [-0.15, -0.1) is 0 Å². The lowest BCUT2D eigenvalue weighted by Gasteiger charge is -2.05. The lowest BCUT2D eigenvalue weighted by molar-refractivity contribution is -0.124. The Kier molecular flexibility index (Phi) is 5.82. The number of rotatable bonds is 6. The molecule has 0 aliphatic carbocycles. The molecule has 0 fully saturated rings. The van der Waals surface area contributed by atoms with Crippen LogP contribution >= 0.6 is 0 Å². The SMILES string of the molecule is CC=N/C(=C\C)CCn1cnc2cc(/C=C/C(=O)NO)ccc21. The molecule has 0 aliphatic rings. The molecule has 1 aromatic heterocycles. The summed E-state index contributed by atoms with van der Waals surface area (Å²) in [6, 6.07) is 5.77. The Bertz CT molecular complexity index is 772. The number of amides is 1. The van der Waals surface area contributed by atoms with E-state index in [1.807, 2.05) is 44.4 Å². The van der Waals surface area contributed by atoms with Crippen LogP contribution in [0.3, 0.4) is 0 Å². The molecule has 6 nitrogen and oxygen atoms in total. The summed E-state index contributed by atoms with van der Waals surface area (Å²) in [6.45, 7) is 4.69. The lowest BCUT2D eigenvalue weighted by Crippen LogP contribution is -2.14. The molecule has 2 aromatic rings. The van der Waals surface area contributed by atoms with Gasteiger partial charge in [0.05, 0.1) is 17.4 Å². The van der Waals surface area contributed by atoms with Gasteiger partial charge in [-0.05, 0) is 37.6 Å². The van der Waals surface area contributed by atoms with Crippen LogP contribution in [0.1, 0.15) is 25.8 Å². The Hall–Kier alpha value is -2.73. The predicted molar refractivity (Wildman–Crippen MR) is 91.2 cm³/mol. The molecule has 2 rings (SSSR count). The maximum Gasteiger partial charge on any atom is 0.267 e. The van der Waals surface area contributed by atoms with Crippen LogP contribution in [0.25, 0.3) is 17.1 Å². The van der Waals surface area contributed by atoms with E-state index in [-0.39, 0.29) is 0 Å². The zero-order chi connectivity index (χ0) is 16.7. The first-order valence-corrected chi connectivity index (χ1v) is 7.39. The van der Waals surface area contributed by atoms with E-state index in [2.05, 4.69) is 14.5 Å². The minimum absolute atomic E-state index is 0.564. The van der Waals surface area contributed by atoms with Gasteiger partial charge >= 0.3 is 0 Å². The number of nitrogens with one attached hydrogen (secondary N) is 1. The Morgan fingerprint density at radius 2 is 2.26 bits per heavy atom. The third-order valence-corrected chi connectivity index (χ3v) is 3.42. The molecule has 1 heterocycles. The standard InChI is InChI=1S/C17H20N4O2/c1-3-14(18-4-2)9-10-21-12-19-15-11-13(5-7-16(15)21)6-8-17(22)20-23/h3-8,11-12,23H,9-10H2,1-2H3,(H,20,22)/b8-6+,14-3-,18-4?. The second-order valence-electron chi connectivity index (χ2n) is 4.91. The average Bonchev–Trinajstić information content (AvgIpc) is 2.98. The second-order valence-corrected chi connectivity index (χ2v) is 4.91. The van der Waals surface area contributed by atoms with Crippen LogP contribution in [0.15, 0.2) is 47.4 Å². The first-order chi connectivity index (χ1) is 11.2. The van der Waals surface area contributed by atoms with Crippen molar-refractivity contribution in [2.75, 3.05) is 0 Å². The van der Waals surface area contributed by atoms with Gasteiger partial charge in [-0.3, -0.25) is 15.0 Å². The summed E-state index contributed by atoms with van der Waals surface area (Å²) in [7, 11) is 0. The number of aromatic nitrogens is 2. The molecule has 0 saturated carbocycles. The van der Waals surface area contributed by atoms with Gasteiger partial charge in [0.2, 0.25) is 0 Å². The van der Waals surface area contributed by atoms with Gasteiger partial charge in [0.25, 0.3) is 5.91 Å². The van der Waals surface area contributed by atoms with Crippen LogP contribution in [0.5, 0.6) is 0 Å². The van der Waals surface area contributed by atoms with Crippen LogP contribution in [0.2, 0.25) is 0 Å². The molecule has 0 bridgehead atoms. The Morgan fingerprint density at radius 3 is 2.96 bits per heavy atom. The number of fused-ring (bicyclic) bond motifs is 1. The van der Waals surface area contributed by atoms with Crippen molar-refractivity contribution in [1.82, 2.24) is 15.0 Å². The summed E-state index contributed by atoms with van der Waals surface area (Å²) in [4.78, 5) is 19.7. The fraction of sp³-hybridized carbons (Fsp3) is 0.235. The molecule has 0 radical (unpaired) electrons. The van der Waals surface area contributed by atoms with E-state index in [1.54, 1.807) is 17.8 Å². The smallest absolute Gasteiger partial charge is 0.267 e. The minimum Gasteiger partial charge on any atom is -0.330 e. The van der Waals surface area contributed by atoms with Gasteiger partial charge in [-0.1, -0.05) is 12.1 Å². The molecule has 6 heteroatoms. The van der Waals surface area contributed by atoms with Crippen molar-refractivity contribution in [1.29, 1.82) is 0 Å². The monoisotopic (exact) mass is 312 g/mol. The van der Waals surface area contributed by atoms with Crippen LogP contribution < -0.4 is 5.48 Å². The van der Waals surface area contributed by atoms with Crippen molar-refractivity contribution in [3.63, 3.8) is 0 Å². The molecule has 120 valence electrons. The van der Waals surface area contributed by atoms with Crippen LogP contribution in [0, 0.1) is 0 Å². The van der Waals surface area contributed by atoms with Crippen molar-refractivity contribution >= 4 is 29.2 Å². The van der Waals surface area contributed by atoms with E-state index in [4.69, 9.17) is 5.21 Å². The number of imidazole rings is 1. The van der Waals surface area contributed by atoms with Gasteiger partial charge < -0.3 is 4.57 Å². The first kappa shape index (κ1) is 16.6. The number of hydrogen-bond donors (Lipinski definition) is 2. The zero-order valence-electron chi connectivity index (χ0n) is 13.2. The summed E-state index contributed by atoms with van der Waals surface area (Å²) >= 11 is 0. The van der Waals surface area contributed by atoms with Crippen molar-refractivity contribution in [3.8, 4) is 0 Å². The lowest BCUT2D eigenvalue weighted by atomic mass is 10.2. The maximum absolute atomic E-state index is 11.0. The molecule has 23 heavy (non-hydrogen) atoms. The highest BCUT2D eigenvalue weighted by atomic mass is 16.5. The molecule has 1 aromatic carbocycles. The van der Waals surface area contributed by atoms with E-state index in [1.165, 1.54) is 6.08 Å². The molecule has 1 amide bonds. The number of carbonyl (C=O) groups excluding carboxylic acids is 1. The summed E-state index contributed by atoms with van der Waals surface area (Å²) in [5, 5.41) is 8.47. The van der Waals surface area contributed by atoms with Gasteiger partial charge in [-0.25, -0.2) is 10.5 Å². The largest absolute Gasteiger partial charge is 0.330 e. The van der Waals surface area contributed by atoms with Gasteiger partial charge in [-0.2, -0.15) is 0 Å². The molecule has 0 atom stereocenters. The highest BCUT2D eigenvalue weighted by Gasteiger charge is 2.04. The molecular weight excluding hydrogens is 292 g/mol. The van der Waals surface area contributed by atoms with E-state index in [0.717, 1.165) is 35.3 Å². The highest BCUT2D eigenvalue weighted by molar-refractivity contribution is 5.91. The Labute approximate surface area is 134 Å². The maximum atomic E-state index is 11.0. The highest BCUT2D eigenvalue weighted by Crippen LogP contribution is 2.17. The van der Waals surface area contributed by atoms with Crippen LogP contribution in [0.4, 0.5) is 0 Å². The molecular formula is C17H20N4O2. The third-order valence-electron chi connectivity index (χ3n) is 3.42. The van der Waals surface area contributed by atoms with Crippen molar-refractivity contribution < 1.29 is 10.0 Å². The fourth-order valence-electron chi connectivity index (χ4n) is 2.26. The predicted octanol–water partition coefficient (Wildman–Crippen LogP) is 2.94. The van der Waals surface area contributed by atoms with Gasteiger partial charge in [0, 0.05) is 31.0 Å². The summed E-state index contributed by atoms with van der Waals surface area (Å²) in [5.74, 6) is -0.564. The van der Waals surface area contributed by atoms with Crippen molar-refractivity contribution in [3.05, 3.63) is 47.9 Å². The summed E-state index contributed by atoms with van der Waals surface area (Å²) in [6.07, 6.45) is 9.33. The number of benzene rings is 1. The minimum atomic E-state index is -0.564. The van der Waals surface area contributed by atoms with Crippen LogP contribution in [-0.2, 0) is 11.3 Å². The van der Waals surface area contributed by atoms with Crippen molar-refractivity contribution in [2.24, 2.45) is 4.99 Å². The fourth-order valence-corrected chi connectivity index (χ4v) is 2.26. The van der Waals surface area contributed by atoms with E-state index >= 15 is 0 Å². The van der Waals surface area contributed by atoms with Crippen molar-refractivity contribution in [2.45, 2.75) is 26.8 Å². The van der Waals surface area contributed by atoms with Crippen LogP contribution in [-0.4, -0.2) is 26.9 Å². The van der Waals surface area contributed by atoms with Gasteiger partial charge in [0.1, 0.15) is 0 Å². The summed E-state index contributed by atoms with van der Waals surface area (Å²) in [5.41, 5.74) is 5.34. The number of aryl methyl sites for hydroxylation is 1. The zero-order valence-corrected chi connectivity index (χ0v) is 13.2. The molecule has 0 aliphatic heterocycles. The quantitative estimate of drug-likeness (QED) is 0.372. The number of hydroxylamine groups is 1. The molecule has 0 unspecified atom stereocenters. The topological polar surface area (TPSA) is 79.5 Å². The van der Waals surface area contributed by atoms with E-state index in [9.17, 15) is 4.79 Å². The third kappa shape index (κ3) is 4.37. The number of hydrogen-bond acceptors (Lipinski definition) is 4. The molecule has 0 saturated heterocycles. The Morgan fingerprint density at radius 1 is 1.43 bits per heavy atom. The number of aliphatic imine (C=N–C) groups is 1. The number of allylic oxidation sites excluding steroid dienone is 2. The molecule has 0 spiro atoms. The van der Waals surface area contributed by atoms with E-state index in [0.29, 0.717) is 0 Å². The summed E-state index contributed by atoms with van der Waals surface area (Å²) < 4.78 is 2.08. The first-order valence-electron chi connectivity index (χ1n) is 7.39. The molecule has 2 N–H and O–H groups in total. The number of nitrogens with zero attached hydrogens (tertiary/aromatic N) is 3. The Balaban J connectivity index is 2.15. The second kappa shape index (κ2) is 8.05. The van der Waals surface area contributed by atoms with Gasteiger partial charge in [0.15, 0.2) is 0 Å². The number of carbonyl (C=O) groups is 1. The average molecular weight is 312 g/mol.